The second-order valence-electron chi connectivity index (χ2n) is 7.76. The van der Waals surface area contributed by atoms with Crippen molar-refractivity contribution in [3.63, 3.8) is 0 Å². The normalized spacial score (nSPS) is 13.9. The van der Waals surface area contributed by atoms with E-state index in [4.69, 9.17) is 9.47 Å². The highest BCUT2D eigenvalue weighted by atomic mass is 32.1. The van der Waals surface area contributed by atoms with E-state index in [-0.39, 0.29) is 23.0 Å². The summed E-state index contributed by atoms with van der Waals surface area (Å²) in [5.74, 6) is 0.0890. The van der Waals surface area contributed by atoms with Crippen molar-refractivity contribution in [2.75, 3.05) is 63.0 Å². The summed E-state index contributed by atoms with van der Waals surface area (Å²) in [6.07, 6.45) is 1.11. The number of ether oxygens (including phenoxy) is 2. The number of thiophene rings is 1. The van der Waals surface area contributed by atoms with Crippen molar-refractivity contribution in [3.05, 3.63) is 51.5 Å². The summed E-state index contributed by atoms with van der Waals surface area (Å²) in [5, 5.41) is 19.5. The molecule has 1 aromatic carbocycles. The Morgan fingerprint density at radius 2 is 1.94 bits per heavy atom. The van der Waals surface area contributed by atoms with Crippen LogP contribution in [0.25, 0.3) is 0 Å². The number of anilines is 5. The third kappa shape index (κ3) is 5.41. The molecule has 2 N–H and O–H groups in total. The maximum absolute atomic E-state index is 12.0. The number of aromatic nitrogens is 2. The fraction of sp³-hybridized carbons (Fsp3) is 0.318. The Morgan fingerprint density at radius 1 is 1.17 bits per heavy atom. The standard InChI is InChI=1S/C22H25N7O5S/c1-27-7-9-28(10-8-27)14-4-5-16(18(12-14)33-2)24-22-23-13-17(29(31)32)19(26-22)25-20-15(6-11-35-20)21(30)34-3/h4-6,11-13H,7-10H2,1-3H3,(H2,23,24,25,26). The Labute approximate surface area is 205 Å². The zero-order valence-corrected chi connectivity index (χ0v) is 20.3. The van der Waals surface area contributed by atoms with Crippen LogP contribution in [0.4, 0.5) is 33.8 Å². The maximum atomic E-state index is 12.0. The molecule has 0 unspecified atom stereocenters. The lowest BCUT2D eigenvalue weighted by Gasteiger charge is -2.34. The van der Waals surface area contributed by atoms with E-state index in [0.29, 0.717) is 16.4 Å². The van der Waals surface area contributed by atoms with Gasteiger partial charge < -0.3 is 29.9 Å². The molecule has 13 heteroatoms. The molecule has 3 aromatic rings. The Balaban J connectivity index is 1.59. The smallest absolute Gasteiger partial charge is 0.340 e. The van der Waals surface area contributed by atoms with Crippen LogP contribution in [0.2, 0.25) is 0 Å². The Morgan fingerprint density at radius 3 is 2.63 bits per heavy atom. The number of carbonyl (C=O) groups is 1. The molecule has 0 aliphatic carbocycles. The number of likely N-dealkylation sites (N-methyl/N-ethyl adjacent to an activating group) is 1. The topological polar surface area (TPSA) is 135 Å². The molecule has 3 heterocycles. The number of nitrogens with one attached hydrogen (secondary N) is 2. The van der Waals surface area contributed by atoms with Crippen LogP contribution in [0.1, 0.15) is 10.4 Å². The first kappa shape index (κ1) is 24.2. The van der Waals surface area contributed by atoms with Crippen molar-refractivity contribution in [2.45, 2.75) is 0 Å². The highest BCUT2D eigenvalue weighted by molar-refractivity contribution is 7.14. The van der Waals surface area contributed by atoms with E-state index in [1.54, 1.807) is 18.6 Å². The minimum atomic E-state index is -0.594. The van der Waals surface area contributed by atoms with E-state index in [0.717, 1.165) is 38.1 Å². The number of hydrogen-bond acceptors (Lipinski definition) is 12. The summed E-state index contributed by atoms with van der Waals surface area (Å²) in [5.41, 5.74) is 1.57. The van der Waals surface area contributed by atoms with Gasteiger partial charge in [0.15, 0.2) is 0 Å². The second kappa shape index (κ2) is 10.5. The summed E-state index contributed by atoms with van der Waals surface area (Å²) >= 11 is 1.20. The van der Waals surface area contributed by atoms with E-state index >= 15 is 0 Å². The van der Waals surface area contributed by atoms with Gasteiger partial charge in [-0.15, -0.1) is 11.3 Å². The fourth-order valence-corrected chi connectivity index (χ4v) is 4.38. The van der Waals surface area contributed by atoms with Gasteiger partial charge in [0.25, 0.3) is 0 Å². The molecule has 1 aliphatic heterocycles. The summed E-state index contributed by atoms with van der Waals surface area (Å²) < 4.78 is 10.3. The lowest BCUT2D eigenvalue weighted by atomic mass is 10.2. The molecular weight excluding hydrogens is 474 g/mol. The average molecular weight is 500 g/mol. The average Bonchev–Trinajstić information content (AvgIpc) is 3.32. The molecule has 0 amide bonds. The number of rotatable bonds is 8. The summed E-state index contributed by atoms with van der Waals surface area (Å²) in [6.45, 7) is 3.81. The molecular formula is C22H25N7O5S. The number of hydrogen-bond donors (Lipinski definition) is 2. The van der Waals surface area contributed by atoms with Crippen molar-refractivity contribution < 1.29 is 19.2 Å². The Hall–Kier alpha value is -3.97. The van der Waals surface area contributed by atoms with E-state index in [9.17, 15) is 14.9 Å². The molecule has 0 atom stereocenters. The molecule has 1 aliphatic rings. The minimum absolute atomic E-state index is 0.0619. The van der Waals surface area contributed by atoms with Crippen LogP contribution in [0.3, 0.4) is 0 Å². The highest BCUT2D eigenvalue weighted by Crippen LogP contribution is 2.34. The molecule has 35 heavy (non-hydrogen) atoms. The van der Waals surface area contributed by atoms with Gasteiger partial charge in [-0.25, -0.2) is 9.78 Å². The fourth-order valence-electron chi connectivity index (χ4n) is 3.61. The molecule has 1 saturated heterocycles. The van der Waals surface area contributed by atoms with Crippen LogP contribution >= 0.6 is 11.3 Å². The molecule has 1 fully saturated rings. The highest BCUT2D eigenvalue weighted by Gasteiger charge is 2.22. The predicted molar refractivity (Wildman–Crippen MR) is 134 cm³/mol. The van der Waals surface area contributed by atoms with Gasteiger partial charge in [0.2, 0.25) is 11.8 Å². The number of methoxy groups -OCH3 is 2. The van der Waals surface area contributed by atoms with Gasteiger partial charge in [-0.2, -0.15) is 4.98 Å². The zero-order valence-electron chi connectivity index (χ0n) is 19.5. The van der Waals surface area contributed by atoms with Gasteiger partial charge in [0.1, 0.15) is 16.9 Å². The first-order chi connectivity index (χ1) is 16.9. The number of nitrogens with zero attached hydrogens (tertiary/aromatic N) is 5. The monoisotopic (exact) mass is 499 g/mol. The van der Waals surface area contributed by atoms with Crippen molar-refractivity contribution in [1.29, 1.82) is 0 Å². The molecule has 184 valence electrons. The van der Waals surface area contributed by atoms with Crippen molar-refractivity contribution in [1.82, 2.24) is 14.9 Å². The van der Waals surface area contributed by atoms with Crippen LogP contribution in [-0.4, -0.2) is 73.2 Å². The quantitative estimate of drug-likeness (QED) is 0.268. The summed E-state index contributed by atoms with van der Waals surface area (Å²) in [7, 11) is 4.94. The number of carbonyl (C=O) groups excluding carboxylic acids is 1. The lowest BCUT2D eigenvalue weighted by molar-refractivity contribution is -0.384. The van der Waals surface area contributed by atoms with E-state index in [2.05, 4.69) is 37.4 Å². The van der Waals surface area contributed by atoms with Crippen LogP contribution in [-0.2, 0) is 4.74 Å². The Bertz CT molecular complexity index is 1230. The van der Waals surface area contributed by atoms with Crippen molar-refractivity contribution in [2.24, 2.45) is 0 Å². The molecule has 0 radical (unpaired) electrons. The van der Waals surface area contributed by atoms with Gasteiger partial charge in [-0.05, 0) is 30.6 Å². The third-order valence-electron chi connectivity index (χ3n) is 5.57. The zero-order chi connectivity index (χ0) is 24.9. The van der Waals surface area contributed by atoms with Gasteiger partial charge in [0.05, 0.1) is 30.4 Å². The van der Waals surface area contributed by atoms with Crippen LogP contribution in [0.5, 0.6) is 5.75 Å². The molecule has 2 aromatic heterocycles. The number of piperazine rings is 1. The summed E-state index contributed by atoms with van der Waals surface area (Å²) in [6, 6.07) is 7.35. The van der Waals surface area contributed by atoms with Crippen LogP contribution in [0.15, 0.2) is 35.8 Å². The van der Waals surface area contributed by atoms with E-state index in [1.807, 2.05) is 18.2 Å². The maximum Gasteiger partial charge on any atom is 0.340 e. The predicted octanol–water partition coefficient (Wildman–Crippen LogP) is 3.48. The van der Waals surface area contributed by atoms with Gasteiger partial charge in [-0.3, -0.25) is 10.1 Å². The largest absolute Gasteiger partial charge is 0.494 e. The summed E-state index contributed by atoms with van der Waals surface area (Å²) in [4.78, 5) is 35.9. The van der Waals surface area contributed by atoms with Gasteiger partial charge >= 0.3 is 11.7 Å². The minimum Gasteiger partial charge on any atom is -0.494 e. The van der Waals surface area contributed by atoms with Crippen molar-refractivity contribution >= 4 is 51.1 Å². The molecule has 4 rings (SSSR count). The second-order valence-corrected chi connectivity index (χ2v) is 8.68. The lowest BCUT2D eigenvalue weighted by Crippen LogP contribution is -2.44. The third-order valence-corrected chi connectivity index (χ3v) is 6.40. The number of benzene rings is 1. The first-order valence-electron chi connectivity index (χ1n) is 10.7. The van der Waals surface area contributed by atoms with E-state index in [1.165, 1.54) is 18.4 Å². The molecule has 0 bridgehead atoms. The van der Waals surface area contributed by atoms with Crippen molar-refractivity contribution in [3.8, 4) is 5.75 Å². The molecule has 12 nitrogen and oxygen atoms in total. The SMILES string of the molecule is COC(=O)c1ccsc1Nc1nc(Nc2ccc(N3CCN(C)CC3)cc2OC)ncc1[N+](=O)[O-]. The van der Waals surface area contributed by atoms with Gasteiger partial charge in [-0.1, -0.05) is 0 Å². The first-order valence-corrected chi connectivity index (χ1v) is 11.6. The van der Waals surface area contributed by atoms with E-state index < -0.39 is 10.9 Å². The van der Waals surface area contributed by atoms with Crippen LogP contribution < -0.4 is 20.3 Å². The molecule has 0 spiro atoms. The van der Waals surface area contributed by atoms with Crippen LogP contribution in [0, 0.1) is 10.1 Å². The Kier molecular flexibility index (Phi) is 7.27. The number of esters is 1. The molecule has 0 saturated carbocycles. The number of nitro groups is 1. The van der Waals surface area contributed by atoms with Gasteiger partial charge in [0, 0.05) is 37.9 Å².